The highest BCUT2D eigenvalue weighted by Gasteiger charge is 2.08. The van der Waals surface area contributed by atoms with Crippen LogP contribution in [0.15, 0.2) is 29.3 Å². The van der Waals surface area contributed by atoms with E-state index in [0.717, 1.165) is 30.8 Å². The van der Waals surface area contributed by atoms with E-state index >= 15 is 0 Å². The molecule has 1 aromatic rings. The number of rotatable bonds is 5. The van der Waals surface area contributed by atoms with E-state index < -0.39 is 0 Å². The van der Waals surface area contributed by atoms with Crippen molar-refractivity contribution in [3.05, 3.63) is 24.3 Å². The summed E-state index contributed by atoms with van der Waals surface area (Å²) in [7, 11) is 1.64. The lowest BCUT2D eigenvalue weighted by Gasteiger charge is -2.16. The van der Waals surface area contributed by atoms with E-state index in [2.05, 4.69) is 31.1 Å². The molecule has 0 aliphatic heterocycles. The van der Waals surface area contributed by atoms with Crippen molar-refractivity contribution in [2.45, 2.75) is 33.6 Å². The fraction of sp³-hybridized carbons (Fsp3) is 0.533. The van der Waals surface area contributed by atoms with Crippen LogP contribution in [0.3, 0.4) is 0 Å². The molecule has 3 N–H and O–H groups in total. The van der Waals surface area contributed by atoms with Crippen molar-refractivity contribution in [1.82, 2.24) is 0 Å². The molecule has 114 valence electrons. The molecule has 1 rings (SSSR count). The van der Waals surface area contributed by atoms with Crippen molar-refractivity contribution in [1.29, 1.82) is 0 Å². The highest BCUT2D eigenvalue weighted by molar-refractivity contribution is 14.0. The highest BCUT2D eigenvalue weighted by atomic mass is 127. The van der Waals surface area contributed by atoms with Gasteiger partial charge in [-0.05, 0) is 30.4 Å². The number of nitrogens with one attached hydrogen (secondary N) is 1. The SMILES string of the molecule is COc1ccccc1NC(N)=NCCCC(C)(C)C.I. The Bertz CT molecular complexity index is 427. The molecule has 0 unspecified atom stereocenters. The zero-order valence-electron chi connectivity index (χ0n) is 12.8. The van der Waals surface area contributed by atoms with Gasteiger partial charge in [0.25, 0.3) is 0 Å². The number of hydrogen-bond acceptors (Lipinski definition) is 2. The molecule has 0 aliphatic carbocycles. The van der Waals surface area contributed by atoms with E-state index in [0.29, 0.717) is 11.4 Å². The van der Waals surface area contributed by atoms with Gasteiger partial charge in [0.05, 0.1) is 12.8 Å². The number of nitrogens with zero attached hydrogens (tertiary/aromatic N) is 1. The number of hydrogen-bond donors (Lipinski definition) is 2. The predicted molar refractivity (Wildman–Crippen MR) is 97.2 cm³/mol. The summed E-state index contributed by atoms with van der Waals surface area (Å²) < 4.78 is 5.24. The first kappa shape index (κ1) is 19.0. The Morgan fingerprint density at radius 1 is 1.30 bits per heavy atom. The smallest absolute Gasteiger partial charge is 0.193 e. The molecule has 0 atom stereocenters. The van der Waals surface area contributed by atoms with Gasteiger partial charge in [0, 0.05) is 6.54 Å². The normalized spacial score (nSPS) is 11.7. The second-order valence-electron chi connectivity index (χ2n) is 5.76. The quantitative estimate of drug-likeness (QED) is 0.347. The van der Waals surface area contributed by atoms with Gasteiger partial charge >= 0.3 is 0 Å². The van der Waals surface area contributed by atoms with Crippen molar-refractivity contribution in [3.63, 3.8) is 0 Å². The van der Waals surface area contributed by atoms with E-state index in [1.54, 1.807) is 7.11 Å². The predicted octanol–water partition coefficient (Wildman–Crippen LogP) is 3.87. The Labute approximate surface area is 139 Å². The molecule has 0 aromatic heterocycles. The zero-order valence-corrected chi connectivity index (χ0v) is 15.1. The van der Waals surface area contributed by atoms with Crippen LogP contribution in [0.1, 0.15) is 33.6 Å². The Morgan fingerprint density at radius 3 is 2.55 bits per heavy atom. The maximum absolute atomic E-state index is 5.86. The summed E-state index contributed by atoms with van der Waals surface area (Å²) in [6.45, 7) is 7.43. The van der Waals surface area contributed by atoms with Crippen molar-refractivity contribution in [2.75, 3.05) is 19.0 Å². The van der Waals surface area contributed by atoms with Gasteiger partial charge in [0.2, 0.25) is 0 Å². The molecule has 4 nitrogen and oxygen atoms in total. The first-order valence-corrected chi connectivity index (χ1v) is 6.62. The summed E-state index contributed by atoms with van der Waals surface area (Å²) in [5.41, 5.74) is 7.05. The first-order valence-electron chi connectivity index (χ1n) is 6.62. The van der Waals surface area contributed by atoms with Crippen LogP contribution in [-0.4, -0.2) is 19.6 Å². The van der Waals surface area contributed by atoms with Crippen LogP contribution in [0.25, 0.3) is 0 Å². The van der Waals surface area contributed by atoms with Gasteiger partial charge in [-0.3, -0.25) is 4.99 Å². The minimum atomic E-state index is 0. The van der Waals surface area contributed by atoms with Crippen LogP contribution < -0.4 is 15.8 Å². The van der Waals surface area contributed by atoms with Crippen LogP contribution >= 0.6 is 24.0 Å². The zero-order chi connectivity index (χ0) is 14.3. The van der Waals surface area contributed by atoms with Gasteiger partial charge in [-0.2, -0.15) is 0 Å². The molecule has 0 spiro atoms. The summed E-state index contributed by atoms with van der Waals surface area (Å²) in [6.07, 6.45) is 2.18. The molecule has 0 heterocycles. The molecule has 0 fully saturated rings. The Morgan fingerprint density at radius 2 is 1.95 bits per heavy atom. The number of aliphatic imine (C=N–C) groups is 1. The molecule has 0 bridgehead atoms. The number of halogens is 1. The van der Waals surface area contributed by atoms with Gasteiger partial charge in [-0.25, -0.2) is 0 Å². The molecule has 1 aromatic carbocycles. The number of ether oxygens (including phenoxy) is 1. The number of para-hydroxylation sites is 2. The first-order chi connectivity index (χ1) is 8.92. The lowest BCUT2D eigenvalue weighted by Crippen LogP contribution is -2.23. The standard InChI is InChI=1S/C15H25N3O.HI/c1-15(2,3)10-7-11-17-14(16)18-12-8-5-6-9-13(12)19-4;/h5-6,8-9H,7,10-11H2,1-4H3,(H3,16,17,18);1H. The Kier molecular flexibility index (Phi) is 8.60. The Hall–Kier alpha value is -0.980. The van der Waals surface area contributed by atoms with E-state index in [1.807, 2.05) is 24.3 Å². The molecule has 0 saturated heterocycles. The number of benzene rings is 1. The van der Waals surface area contributed by atoms with Gasteiger partial charge in [0.15, 0.2) is 5.96 Å². The lowest BCUT2D eigenvalue weighted by atomic mass is 9.91. The van der Waals surface area contributed by atoms with Gasteiger partial charge in [-0.1, -0.05) is 32.9 Å². The third kappa shape index (κ3) is 7.57. The summed E-state index contributed by atoms with van der Waals surface area (Å²) >= 11 is 0. The average Bonchev–Trinajstić information content (AvgIpc) is 2.34. The largest absolute Gasteiger partial charge is 0.495 e. The van der Waals surface area contributed by atoms with E-state index in [9.17, 15) is 0 Å². The summed E-state index contributed by atoms with van der Waals surface area (Å²) in [5, 5.41) is 3.06. The molecule has 5 heteroatoms. The fourth-order valence-electron chi connectivity index (χ4n) is 1.73. The van der Waals surface area contributed by atoms with E-state index in [4.69, 9.17) is 10.5 Å². The van der Waals surface area contributed by atoms with Crippen LogP contribution in [0.4, 0.5) is 5.69 Å². The second-order valence-corrected chi connectivity index (χ2v) is 5.76. The molecule has 20 heavy (non-hydrogen) atoms. The van der Waals surface area contributed by atoms with Crippen LogP contribution in [-0.2, 0) is 0 Å². The minimum absolute atomic E-state index is 0. The van der Waals surface area contributed by atoms with Gasteiger partial charge in [0.1, 0.15) is 5.75 Å². The van der Waals surface area contributed by atoms with Gasteiger partial charge in [-0.15, -0.1) is 24.0 Å². The molecular formula is C15H26IN3O. The molecule has 0 saturated carbocycles. The summed E-state index contributed by atoms with van der Waals surface area (Å²) in [4.78, 5) is 4.33. The summed E-state index contributed by atoms with van der Waals surface area (Å²) in [6, 6.07) is 7.64. The third-order valence-corrected chi connectivity index (χ3v) is 2.74. The Balaban J connectivity index is 0.00000361. The van der Waals surface area contributed by atoms with Crippen LogP contribution in [0.2, 0.25) is 0 Å². The number of nitrogens with two attached hydrogens (primary N) is 1. The maximum atomic E-state index is 5.86. The third-order valence-electron chi connectivity index (χ3n) is 2.74. The number of guanidine groups is 1. The summed E-state index contributed by atoms with van der Waals surface area (Å²) in [5.74, 6) is 1.19. The van der Waals surface area contributed by atoms with E-state index in [1.165, 1.54) is 0 Å². The van der Waals surface area contributed by atoms with Crippen LogP contribution in [0.5, 0.6) is 5.75 Å². The number of anilines is 1. The maximum Gasteiger partial charge on any atom is 0.193 e. The topological polar surface area (TPSA) is 59.6 Å². The fourth-order valence-corrected chi connectivity index (χ4v) is 1.73. The second kappa shape index (κ2) is 9.05. The molecule has 0 aliphatic rings. The molecular weight excluding hydrogens is 365 g/mol. The van der Waals surface area contributed by atoms with Crippen molar-refractivity contribution in [3.8, 4) is 5.75 Å². The monoisotopic (exact) mass is 391 g/mol. The van der Waals surface area contributed by atoms with Crippen molar-refractivity contribution < 1.29 is 4.74 Å². The molecule has 0 radical (unpaired) electrons. The minimum Gasteiger partial charge on any atom is -0.495 e. The highest BCUT2D eigenvalue weighted by Crippen LogP contribution is 2.23. The number of methoxy groups -OCH3 is 1. The molecule has 0 amide bonds. The van der Waals surface area contributed by atoms with Crippen LogP contribution in [0, 0.1) is 5.41 Å². The van der Waals surface area contributed by atoms with E-state index in [-0.39, 0.29) is 24.0 Å². The van der Waals surface area contributed by atoms with Crippen molar-refractivity contribution >= 4 is 35.6 Å². The van der Waals surface area contributed by atoms with Gasteiger partial charge < -0.3 is 15.8 Å². The average molecular weight is 391 g/mol. The lowest BCUT2D eigenvalue weighted by molar-refractivity contribution is 0.368. The van der Waals surface area contributed by atoms with Crippen molar-refractivity contribution in [2.24, 2.45) is 16.1 Å².